The number of nitrogens with zero attached hydrogens (tertiary/aromatic N) is 1. The lowest BCUT2D eigenvalue weighted by Crippen LogP contribution is -2.49. The molecule has 92 valence electrons. The van der Waals surface area contributed by atoms with Gasteiger partial charge in [-0.05, 0) is 18.9 Å². The van der Waals surface area contributed by atoms with E-state index in [-0.39, 0.29) is 12.1 Å². The fraction of sp³-hybridized carbons (Fsp3) is 0.615. The Morgan fingerprint density at radius 1 is 1.41 bits per heavy atom. The van der Waals surface area contributed by atoms with E-state index in [4.69, 9.17) is 5.26 Å². The molecule has 1 saturated carbocycles. The molecular formula is C13H18N2OS. The second-order valence-corrected chi connectivity index (χ2v) is 5.76. The molecule has 0 spiro atoms. The predicted octanol–water partition coefficient (Wildman–Crippen LogP) is 2.40. The molecule has 0 amide bonds. The maximum atomic E-state index is 9.56. The van der Waals surface area contributed by atoms with Crippen LogP contribution in [0.5, 0.6) is 0 Å². The van der Waals surface area contributed by atoms with Gasteiger partial charge in [0.25, 0.3) is 0 Å². The molecule has 0 saturated heterocycles. The first kappa shape index (κ1) is 12.6. The minimum Gasteiger partial charge on any atom is -0.394 e. The minimum atomic E-state index is -0.0882. The zero-order valence-corrected chi connectivity index (χ0v) is 10.7. The molecule has 1 aromatic rings. The van der Waals surface area contributed by atoms with Crippen LogP contribution in [0.25, 0.3) is 0 Å². The molecule has 0 bridgehead atoms. The van der Waals surface area contributed by atoms with E-state index in [0.717, 1.165) is 24.9 Å². The van der Waals surface area contributed by atoms with Crippen LogP contribution in [0.2, 0.25) is 0 Å². The monoisotopic (exact) mass is 250 g/mol. The van der Waals surface area contributed by atoms with Crippen molar-refractivity contribution in [2.75, 3.05) is 6.61 Å². The van der Waals surface area contributed by atoms with Crippen LogP contribution in [0.15, 0.2) is 11.4 Å². The van der Waals surface area contributed by atoms with Gasteiger partial charge in [-0.1, -0.05) is 19.3 Å². The van der Waals surface area contributed by atoms with Gasteiger partial charge in [0.05, 0.1) is 12.2 Å². The van der Waals surface area contributed by atoms with Gasteiger partial charge in [0, 0.05) is 22.3 Å². The zero-order valence-electron chi connectivity index (χ0n) is 9.91. The normalized spacial score (nSPS) is 18.8. The molecule has 1 aliphatic rings. The summed E-state index contributed by atoms with van der Waals surface area (Å²) in [6.07, 6.45) is 5.78. The summed E-state index contributed by atoms with van der Waals surface area (Å²) in [7, 11) is 0. The number of hydrogen-bond donors (Lipinski definition) is 2. The molecule has 0 aliphatic heterocycles. The zero-order chi connectivity index (χ0) is 12.1. The lowest BCUT2D eigenvalue weighted by atomic mass is 9.82. The van der Waals surface area contributed by atoms with Crippen LogP contribution >= 0.6 is 11.3 Å². The average Bonchev–Trinajstić information content (AvgIpc) is 2.85. The third-order valence-corrected chi connectivity index (χ3v) is 4.47. The number of nitrogens with one attached hydrogen (secondary N) is 1. The first-order chi connectivity index (χ1) is 8.28. The van der Waals surface area contributed by atoms with Crippen molar-refractivity contribution in [1.82, 2.24) is 5.32 Å². The molecule has 0 aromatic carbocycles. The van der Waals surface area contributed by atoms with Gasteiger partial charge in [-0.3, -0.25) is 0 Å². The smallest absolute Gasteiger partial charge is 0.100 e. The van der Waals surface area contributed by atoms with Crippen molar-refractivity contribution >= 4 is 11.3 Å². The summed E-state index contributed by atoms with van der Waals surface area (Å²) in [4.78, 5) is 1.17. The first-order valence-corrected chi connectivity index (χ1v) is 6.99. The molecule has 17 heavy (non-hydrogen) atoms. The van der Waals surface area contributed by atoms with E-state index in [1.807, 2.05) is 11.4 Å². The van der Waals surface area contributed by atoms with Gasteiger partial charge in [0.2, 0.25) is 0 Å². The summed E-state index contributed by atoms with van der Waals surface area (Å²) in [6, 6.07) is 4.06. The van der Waals surface area contributed by atoms with E-state index in [2.05, 4.69) is 11.4 Å². The quantitative estimate of drug-likeness (QED) is 0.862. The highest BCUT2D eigenvalue weighted by Gasteiger charge is 2.30. The maximum Gasteiger partial charge on any atom is 0.100 e. The SMILES string of the molecule is N#Cc1csc(CNC2(CO)CCCCC2)c1. The molecule has 2 rings (SSSR count). The van der Waals surface area contributed by atoms with Gasteiger partial charge >= 0.3 is 0 Å². The van der Waals surface area contributed by atoms with Crippen LogP contribution in [-0.2, 0) is 6.54 Å². The number of thiophene rings is 1. The van der Waals surface area contributed by atoms with E-state index in [9.17, 15) is 5.11 Å². The van der Waals surface area contributed by atoms with Gasteiger partial charge in [0.1, 0.15) is 6.07 Å². The highest BCUT2D eigenvalue weighted by Crippen LogP contribution is 2.28. The number of rotatable bonds is 4. The van der Waals surface area contributed by atoms with Crippen molar-refractivity contribution in [1.29, 1.82) is 5.26 Å². The van der Waals surface area contributed by atoms with E-state index in [1.54, 1.807) is 11.3 Å². The van der Waals surface area contributed by atoms with Gasteiger partial charge in [-0.25, -0.2) is 0 Å². The highest BCUT2D eigenvalue weighted by molar-refractivity contribution is 7.10. The third kappa shape index (κ3) is 3.06. The molecule has 1 heterocycles. The highest BCUT2D eigenvalue weighted by atomic mass is 32.1. The van der Waals surface area contributed by atoms with E-state index in [0.29, 0.717) is 0 Å². The molecule has 1 aromatic heterocycles. The van der Waals surface area contributed by atoms with Crippen LogP contribution in [0.1, 0.15) is 42.5 Å². The Labute approximate surface area is 106 Å². The van der Waals surface area contributed by atoms with Gasteiger partial charge in [-0.2, -0.15) is 5.26 Å². The number of aliphatic hydroxyl groups excluding tert-OH is 1. The van der Waals surface area contributed by atoms with Crippen LogP contribution in [0.3, 0.4) is 0 Å². The lowest BCUT2D eigenvalue weighted by Gasteiger charge is -2.36. The Hall–Kier alpha value is -0.890. The van der Waals surface area contributed by atoms with E-state index in [1.165, 1.54) is 24.1 Å². The predicted molar refractivity (Wildman–Crippen MR) is 68.8 cm³/mol. The maximum absolute atomic E-state index is 9.56. The number of nitriles is 1. The summed E-state index contributed by atoms with van der Waals surface area (Å²) < 4.78 is 0. The molecule has 0 atom stereocenters. The Bertz CT molecular complexity index is 402. The molecule has 4 heteroatoms. The summed E-state index contributed by atoms with van der Waals surface area (Å²) >= 11 is 1.61. The van der Waals surface area contributed by atoms with Gasteiger partial charge in [-0.15, -0.1) is 11.3 Å². The van der Waals surface area contributed by atoms with Crippen LogP contribution in [-0.4, -0.2) is 17.3 Å². The molecule has 1 aliphatic carbocycles. The molecule has 0 unspecified atom stereocenters. The van der Waals surface area contributed by atoms with Crippen LogP contribution < -0.4 is 5.32 Å². The molecule has 3 nitrogen and oxygen atoms in total. The minimum absolute atomic E-state index is 0.0882. The Balaban J connectivity index is 1.93. The number of aliphatic hydroxyl groups is 1. The van der Waals surface area contributed by atoms with Crippen LogP contribution in [0.4, 0.5) is 0 Å². The average molecular weight is 250 g/mol. The standard InChI is InChI=1S/C13H18N2OS/c14-7-11-6-12(17-9-11)8-15-13(10-16)4-2-1-3-5-13/h6,9,15-16H,1-5,8,10H2. The summed E-state index contributed by atoms with van der Waals surface area (Å²) in [5.41, 5.74) is 0.642. The largest absolute Gasteiger partial charge is 0.394 e. The third-order valence-electron chi connectivity index (χ3n) is 3.53. The molecule has 0 radical (unpaired) electrons. The summed E-state index contributed by atoms with van der Waals surface area (Å²) in [5.74, 6) is 0. The molecule has 2 N–H and O–H groups in total. The Morgan fingerprint density at radius 2 is 2.18 bits per heavy atom. The summed E-state index contributed by atoms with van der Waals surface area (Å²) in [6.45, 7) is 0.969. The Kier molecular flexibility index (Phi) is 4.16. The molecule has 1 fully saturated rings. The van der Waals surface area contributed by atoms with Gasteiger partial charge in [0.15, 0.2) is 0 Å². The second-order valence-electron chi connectivity index (χ2n) is 4.77. The number of hydrogen-bond acceptors (Lipinski definition) is 4. The van der Waals surface area contributed by atoms with Gasteiger partial charge < -0.3 is 10.4 Å². The molecular weight excluding hydrogens is 232 g/mol. The van der Waals surface area contributed by atoms with Crippen molar-refractivity contribution in [2.45, 2.75) is 44.2 Å². The second kappa shape index (κ2) is 5.63. The van der Waals surface area contributed by atoms with Crippen molar-refractivity contribution in [3.8, 4) is 6.07 Å². The van der Waals surface area contributed by atoms with Crippen molar-refractivity contribution in [3.63, 3.8) is 0 Å². The van der Waals surface area contributed by atoms with Crippen molar-refractivity contribution < 1.29 is 5.11 Å². The van der Waals surface area contributed by atoms with Crippen molar-refractivity contribution in [2.24, 2.45) is 0 Å². The fourth-order valence-electron chi connectivity index (χ4n) is 2.43. The van der Waals surface area contributed by atoms with Crippen LogP contribution in [0, 0.1) is 11.3 Å². The summed E-state index contributed by atoms with van der Waals surface area (Å²) in [5, 5.41) is 23.7. The first-order valence-electron chi connectivity index (χ1n) is 6.11. The van der Waals surface area contributed by atoms with E-state index >= 15 is 0 Å². The van der Waals surface area contributed by atoms with Crippen molar-refractivity contribution in [3.05, 3.63) is 21.9 Å². The Morgan fingerprint density at radius 3 is 2.76 bits per heavy atom. The van der Waals surface area contributed by atoms with E-state index < -0.39 is 0 Å². The topological polar surface area (TPSA) is 56.0 Å². The fourth-order valence-corrected chi connectivity index (χ4v) is 3.18. The lowest BCUT2D eigenvalue weighted by molar-refractivity contribution is 0.120.